The summed E-state index contributed by atoms with van der Waals surface area (Å²) in [5, 5.41) is 8.19. The second-order valence-electron chi connectivity index (χ2n) is 1.81. The van der Waals surface area contributed by atoms with Gasteiger partial charge in [0.15, 0.2) is 0 Å². The van der Waals surface area contributed by atoms with Gasteiger partial charge in [-0.3, -0.25) is 4.79 Å². The highest BCUT2D eigenvalue weighted by Crippen LogP contribution is 1.97. The lowest BCUT2D eigenvalue weighted by molar-refractivity contribution is 0.105. The summed E-state index contributed by atoms with van der Waals surface area (Å²) in [7, 11) is 0. The van der Waals surface area contributed by atoms with Gasteiger partial charge in [0.05, 0.1) is 0 Å². The van der Waals surface area contributed by atoms with Crippen LogP contribution in [-0.2, 0) is 0 Å². The summed E-state index contributed by atoms with van der Waals surface area (Å²) in [5.41, 5.74) is 0.449. The molecule has 0 unspecified atom stereocenters. The first-order valence-electron chi connectivity index (χ1n) is 2.84. The van der Waals surface area contributed by atoms with Crippen LogP contribution in [0.25, 0.3) is 0 Å². The van der Waals surface area contributed by atoms with Crippen LogP contribution >= 0.6 is 0 Å². The summed E-state index contributed by atoms with van der Waals surface area (Å²) in [4.78, 5) is 10.7. The fraction of sp³-hybridized carbons (Fsp3) is 0. The molecule has 0 aliphatic carbocycles. The highest BCUT2D eigenvalue weighted by atomic mass is 16.1. The van der Waals surface area contributed by atoms with E-state index in [9.17, 15) is 4.79 Å². The second kappa shape index (κ2) is 2.79. The van der Waals surface area contributed by atoms with Crippen LogP contribution in [0.15, 0.2) is 30.3 Å². The van der Waals surface area contributed by atoms with Crippen LogP contribution in [0.3, 0.4) is 0 Å². The molecule has 0 aliphatic heterocycles. The Morgan fingerprint density at radius 3 is 2.40 bits per heavy atom. The zero-order valence-electron chi connectivity index (χ0n) is 5.24. The van der Waals surface area contributed by atoms with E-state index < -0.39 is 5.78 Å². The molecular formula is C8H5NO. The van der Waals surface area contributed by atoms with Gasteiger partial charge >= 0.3 is 0 Å². The van der Waals surface area contributed by atoms with Crippen molar-refractivity contribution in [1.29, 1.82) is 5.26 Å². The number of nitrogens with zero attached hydrogens (tertiary/aromatic N) is 1. The van der Waals surface area contributed by atoms with Crippen molar-refractivity contribution in [2.24, 2.45) is 0 Å². The molecule has 48 valence electrons. The molecule has 0 saturated carbocycles. The zero-order chi connectivity index (χ0) is 7.40. The van der Waals surface area contributed by atoms with Crippen molar-refractivity contribution in [2.45, 2.75) is 0 Å². The molecule has 0 bridgehead atoms. The van der Waals surface area contributed by atoms with Crippen LogP contribution in [-0.4, -0.2) is 5.78 Å². The molecule has 0 fully saturated rings. The first-order chi connectivity index (χ1) is 4.84. The average molecular weight is 131 g/mol. The van der Waals surface area contributed by atoms with Gasteiger partial charge in [0.1, 0.15) is 6.07 Å². The lowest BCUT2D eigenvalue weighted by atomic mass is 10.1. The molecule has 0 radical (unpaired) electrons. The SMILES string of the molecule is N#CC(=O)c1ccccc1. The number of hydrogen-bond donors (Lipinski definition) is 0. The maximum absolute atomic E-state index is 10.7. The third-order valence-electron chi connectivity index (χ3n) is 1.14. The molecule has 0 N–H and O–H groups in total. The first-order valence-corrected chi connectivity index (χ1v) is 2.84. The molecule has 0 aromatic heterocycles. The van der Waals surface area contributed by atoms with Gasteiger partial charge in [-0.15, -0.1) is 0 Å². The number of carbonyl (C=O) groups is 1. The van der Waals surface area contributed by atoms with Crippen molar-refractivity contribution >= 4 is 5.78 Å². The predicted molar refractivity (Wildman–Crippen MR) is 36.4 cm³/mol. The van der Waals surface area contributed by atoms with Crippen LogP contribution in [0.4, 0.5) is 0 Å². The average Bonchev–Trinajstić information content (AvgIpc) is 2.05. The molecule has 0 amide bonds. The fourth-order valence-electron chi connectivity index (χ4n) is 0.654. The predicted octanol–water partition coefficient (Wildman–Crippen LogP) is 1.39. The summed E-state index contributed by atoms with van der Waals surface area (Å²) in [6.45, 7) is 0. The summed E-state index contributed by atoms with van der Waals surface area (Å²) in [6, 6.07) is 10.0. The van der Waals surface area contributed by atoms with E-state index in [1.807, 2.05) is 0 Å². The molecule has 0 saturated heterocycles. The van der Waals surface area contributed by atoms with Crippen LogP contribution in [0.5, 0.6) is 0 Å². The van der Waals surface area contributed by atoms with Crippen LogP contribution in [0, 0.1) is 11.3 Å². The van der Waals surface area contributed by atoms with E-state index in [1.54, 1.807) is 36.4 Å². The first kappa shape index (κ1) is 6.50. The van der Waals surface area contributed by atoms with Gasteiger partial charge in [0.2, 0.25) is 0 Å². The highest BCUT2D eigenvalue weighted by molar-refractivity contribution is 6.07. The van der Waals surface area contributed by atoms with E-state index in [2.05, 4.69) is 0 Å². The van der Waals surface area contributed by atoms with Crippen molar-refractivity contribution in [3.63, 3.8) is 0 Å². The normalized spacial score (nSPS) is 8.30. The van der Waals surface area contributed by atoms with Gasteiger partial charge in [-0.25, -0.2) is 0 Å². The Morgan fingerprint density at radius 2 is 1.90 bits per heavy atom. The third-order valence-corrected chi connectivity index (χ3v) is 1.14. The van der Waals surface area contributed by atoms with E-state index in [-0.39, 0.29) is 0 Å². The Kier molecular flexibility index (Phi) is 1.81. The van der Waals surface area contributed by atoms with E-state index in [4.69, 9.17) is 5.26 Å². The topological polar surface area (TPSA) is 40.9 Å². The smallest absolute Gasteiger partial charge is 0.262 e. The maximum Gasteiger partial charge on any atom is 0.262 e. The fourth-order valence-corrected chi connectivity index (χ4v) is 0.654. The van der Waals surface area contributed by atoms with Gasteiger partial charge in [-0.05, 0) is 0 Å². The molecule has 1 aromatic rings. The van der Waals surface area contributed by atoms with Gasteiger partial charge in [0.25, 0.3) is 5.78 Å². The molecule has 1 rings (SSSR count). The monoisotopic (exact) mass is 131 g/mol. The van der Waals surface area contributed by atoms with E-state index in [0.29, 0.717) is 5.56 Å². The Hall–Kier alpha value is -1.62. The van der Waals surface area contributed by atoms with Crippen molar-refractivity contribution < 1.29 is 4.79 Å². The molecule has 0 atom stereocenters. The van der Waals surface area contributed by atoms with Crippen LogP contribution in [0.2, 0.25) is 0 Å². The van der Waals surface area contributed by atoms with Crippen LogP contribution in [0.1, 0.15) is 10.4 Å². The molecule has 10 heavy (non-hydrogen) atoms. The standard InChI is InChI=1S/C8H5NO/c9-6-8(10)7-4-2-1-3-5-7/h1-5H. The highest BCUT2D eigenvalue weighted by Gasteiger charge is 1.99. The van der Waals surface area contributed by atoms with Gasteiger partial charge < -0.3 is 0 Å². The molecular weight excluding hydrogens is 126 g/mol. The summed E-state index contributed by atoms with van der Waals surface area (Å²) in [6.07, 6.45) is 0. The third kappa shape index (κ3) is 1.20. The number of rotatable bonds is 1. The largest absolute Gasteiger partial charge is 0.277 e. The van der Waals surface area contributed by atoms with Crippen molar-refractivity contribution in [3.8, 4) is 6.07 Å². The Labute approximate surface area is 58.7 Å². The second-order valence-corrected chi connectivity index (χ2v) is 1.81. The van der Waals surface area contributed by atoms with E-state index >= 15 is 0 Å². The number of benzene rings is 1. The lowest BCUT2D eigenvalue weighted by Crippen LogP contribution is -1.91. The number of ketones is 1. The van der Waals surface area contributed by atoms with Crippen LogP contribution < -0.4 is 0 Å². The van der Waals surface area contributed by atoms with Gasteiger partial charge in [0, 0.05) is 5.56 Å². The maximum atomic E-state index is 10.7. The number of nitriles is 1. The van der Waals surface area contributed by atoms with Gasteiger partial charge in [-0.2, -0.15) is 5.26 Å². The number of carbonyl (C=O) groups excluding carboxylic acids is 1. The summed E-state index contributed by atoms with van der Waals surface area (Å²) >= 11 is 0. The Bertz CT molecular complexity index is 271. The minimum atomic E-state index is -0.486. The minimum Gasteiger partial charge on any atom is -0.277 e. The quantitative estimate of drug-likeness (QED) is 0.427. The lowest BCUT2D eigenvalue weighted by Gasteiger charge is -1.87. The van der Waals surface area contributed by atoms with E-state index in [1.165, 1.54) is 0 Å². The molecule has 0 heterocycles. The van der Waals surface area contributed by atoms with E-state index in [0.717, 1.165) is 0 Å². The van der Waals surface area contributed by atoms with Crippen molar-refractivity contribution in [3.05, 3.63) is 35.9 Å². The molecule has 0 spiro atoms. The van der Waals surface area contributed by atoms with Gasteiger partial charge in [-0.1, -0.05) is 30.3 Å². The molecule has 1 aromatic carbocycles. The Balaban J connectivity index is 2.99. The number of Topliss-reactive ketones (excluding diaryl/α,β-unsaturated/α-hetero) is 1. The molecule has 0 aliphatic rings. The summed E-state index contributed by atoms with van der Waals surface area (Å²) < 4.78 is 0. The molecule has 2 nitrogen and oxygen atoms in total. The molecule has 2 heteroatoms. The minimum absolute atomic E-state index is 0.449. The Morgan fingerprint density at radius 1 is 1.30 bits per heavy atom. The van der Waals surface area contributed by atoms with Crippen molar-refractivity contribution in [1.82, 2.24) is 0 Å². The summed E-state index contributed by atoms with van der Waals surface area (Å²) in [5.74, 6) is -0.486. The zero-order valence-corrected chi connectivity index (χ0v) is 5.24. The number of hydrogen-bond acceptors (Lipinski definition) is 2. The van der Waals surface area contributed by atoms with Crippen molar-refractivity contribution in [2.75, 3.05) is 0 Å².